The maximum atomic E-state index is 13.3. The van der Waals surface area contributed by atoms with Gasteiger partial charge in [-0.2, -0.15) is 0 Å². The Morgan fingerprint density at radius 1 is 0.850 bits per heavy atom. The van der Waals surface area contributed by atoms with E-state index < -0.39 is 17.7 Å². The van der Waals surface area contributed by atoms with Crippen molar-refractivity contribution in [3.8, 4) is 0 Å². The van der Waals surface area contributed by atoms with Crippen LogP contribution in [-0.2, 0) is 12.8 Å². The molecule has 1 unspecified atom stereocenters. The minimum Gasteiger partial charge on any atom is -0.320 e. The van der Waals surface area contributed by atoms with Gasteiger partial charge in [0.25, 0.3) is 0 Å². The van der Waals surface area contributed by atoms with E-state index in [-0.39, 0.29) is 0 Å². The molecule has 20 heavy (non-hydrogen) atoms. The quantitative estimate of drug-likeness (QED) is 0.891. The first-order valence-electron chi connectivity index (χ1n) is 6.88. The molecule has 0 radical (unpaired) electrons. The lowest BCUT2D eigenvalue weighted by atomic mass is 9.94. The molecule has 2 aromatic rings. The van der Waals surface area contributed by atoms with E-state index in [1.165, 1.54) is 23.3 Å². The molecule has 0 aliphatic rings. The Morgan fingerprint density at radius 3 is 2.00 bits per heavy atom. The monoisotopic (exact) mass is 275 g/mol. The van der Waals surface area contributed by atoms with Crippen LogP contribution in [-0.4, -0.2) is 0 Å². The molecule has 3 heteroatoms. The van der Waals surface area contributed by atoms with Gasteiger partial charge in [-0.05, 0) is 47.2 Å². The molecular formula is C17H19F2N. The molecule has 0 spiro atoms. The minimum absolute atomic E-state index is 0.453. The summed E-state index contributed by atoms with van der Waals surface area (Å²) >= 11 is 0. The lowest BCUT2D eigenvalue weighted by Crippen LogP contribution is -2.13. The van der Waals surface area contributed by atoms with Crippen molar-refractivity contribution in [2.75, 3.05) is 0 Å². The van der Waals surface area contributed by atoms with Gasteiger partial charge in [0.2, 0.25) is 0 Å². The third-order valence-corrected chi connectivity index (χ3v) is 3.60. The topological polar surface area (TPSA) is 26.0 Å². The van der Waals surface area contributed by atoms with E-state index in [0.29, 0.717) is 5.56 Å². The molecule has 0 saturated heterocycles. The predicted octanol–water partition coefficient (Wildman–Crippen LogP) is 4.14. The van der Waals surface area contributed by atoms with Gasteiger partial charge in [0, 0.05) is 6.07 Å². The summed E-state index contributed by atoms with van der Waals surface area (Å²) in [6.45, 7) is 4.20. The van der Waals surface area contributed by atoms with Gasteiger partial charge in [0.15, 0.2) is 0 Å². The average molecular weight is 275 g/mol. The third kappa shape index (κ3) is 3.05. The third-order valence-electron chi connectivity index (χ3n) is 3.60. The summed E-state index contributed by atoms with van der Waals surface area (Å²) in [6, 6.07) is 8.92. The summed E-state index contributed by atoms with van der Waals surface area (Å²) in [4.78, 5) is 0. The molecular weight excluding hydrogens is 256 g/mol. The molecule has 0 amide bonds. The van der Waals surface area contributed by atoms with E-state index in [9.17, 15) is 8.78 Å². The molecule has 2 rings (SSSR count). The second kappa shape index (κ2) is 6.14. The van der Waals surface area contributed by atoms with Gasteiger partial charge < -0.3 is 5.73 Å². The van der Waals surface area contributed by atoms with Gasteiger partial charge in [0.05, 0.1) is 6.04 Å². The molecule has 0 aliphatic heterocycles. The summed E-state index contributed by atoms with van der Waals surface area (Å²) in [6.07, 6.45) is 1.88. The maximum Gasteiger partial charge on any atom is 0.126 e. The summed E-state index contributed by atoms with van der Waals surface area (Å²) in [7, 11) is 0. The fourth-order valence-corrected chi connectivity index (χ4v) is 2.46. The molecule has 0 heterocycles. The van der Waals surface area contributed by atoms with E-state index in [2.05, 4.69) is 13.8 Å². The summed E-state index contributed by atoms with van der Waals surface area (Å²) in [5.74, 6) is -1.20. The Bertz CT molecular complexity index is 588. The van der Waals surface area contributed by atoms with Crippen LogP contribution in [0.25, 0.3) is 0 Å². The zero-order valence-electron chi connectivity index (χ0n) is 11.8. The Labute approximate surface area is 118 Å². The molecule has 2 aromatic carbocycles. The van der Waals surface area contributed by atoms with Crippen molar-refractivity contribution in [1.29, 1.82) is 0 Å². The fourth-order valence-electron chi connectivity index (χ4n) is 2.46. The highest BCUT2D eigenvalue weighted by atomic mass is 19.1. The van der Waals surface area contributed by atoms with Crippen molar-refractivity contribution in [1.82, 2.24) is 0 Å². The highest BCUT2D eigenvalue weighted by Crippen LogP contribution is 2.24. The van der Waals surface area contributed by atoms with Crippen molar-refractivity contribution in [3.63, 3.8) is 0 Å². The number of hydrogen-bond acceptors (Lipinski definition) is 1. The van der Waals surface area contributed by atoms with Crippen LogP contribution in [0.3, 0.4) is 0 Å². The normalized spacial score (nSPS) is 12.4. The van der Waals surface area contributed by atoms with Crippen LogP contribution >= 0.6 is 0 Å². The Balaban J connectivity index is 2.39. The summed E-state index contributed by atoms with van der Waals surface area (Å²) < 4.78 is 26.5. The molecule has 106 valence electrons. The zero-order chi connectivity index (χ0) is 14.7. The van der Waals surface area contributed by atoms with E-state index in [1.807, 2.05) is 18.2 Å². The standard InChI is InChI=1S/C17H19F2N/c1-3-11-5-6-13(7-12(11)4-2)17(20)14-8-15(18)10-16(19)9-14/h5-10,17H,3-4,20H2,1-2H3. The van der Waals surface area contributed by atoms with Crippen molar-refractivity contribution >= 4 is 0 Å². The first-order valence-corrected chi connectivity index (χ1v) is 6.88. The molecule has 1 atom stereocenters. The second-order valence-corrected chi connectivity index (χ2v) is 4.92. The zero-order valence-corrected chi connectivity index (χ0v) is 11.8. The number of hydrogen-bond donors (Lipinski definition) is 1. The Morgan fingerprint density at radius 2 is 1.45 bits per heavy atom. The highest BCUT2D eigenvalue weighted by Gasteiger charge is 2.13. The number of aryl methyl sites for hydroxylation is 2. The van der Waals surface area contributed by atoms with Crippen molar-refractivity contribution in [3.05, 3.63) is 70.3 Å². The molecule has 0 fully saturated rings. The van der Waals surface area contributed by atoms with E-state index in [4.69, 9.17) is 5.73 Å². The second-order valence-electron chi connectivity index (χ2n) is 4.92. The van der Waals surface area contributed by atoms with E-state index >= 15 is 0 Å². The first kappa shape index (κ1) is 14.7. The number of benzene rings is 2. The number of nitrogens with two attached hydrogens (primary N) is 1. The first-order chi connectivity index (χ1) is 9.55. The molecule has 0 aliphatic carbocycles. The number of rotatable bonds is 4. The van der Waals surface area contributed by atoms with Crippen LogP contribution in [0.4, 0.5) is 8.78 Å². The average Bonchev–Trinajstić information content (AvgIpc) is 2.44. The Kier molecular flexibility index (Phi) is 4.50. The lowest BCUT2D eigenvalue weighted by Gasteiger charge is -2.16. The Hall–Kier alpha value is -1.74. The van der Waals surface area contributed by atoms with Crippen LogP contribution < -0.4 is 5.73 Å². The van der Waals surface area contributed by atoms with Gasteiger partial charge >= 0.3 is 0 Å². The fraction of sp³-hybridized carbons (Fsp3) is 0.294. The smallest absolute Gasteiger partial charge is 0.126 e. The van der Waals surface area contributed by atoms with Crippen molar-refractivity contribution in [2.45, 2.75) is 32.7 Å². The SMILES string of the molecule is CCc1ccc(C(N)c2cc(F)cc(F)c2)cc1CC. The van der Waals surface area contributed by atoms with E-state index in [1.54, 1.807) is 0 Å². The van der Waals surface area contributed by atoms with Crippen LogP contribution in [0, 0.1) is 11.6 Å². The molecule has 2 N–H and O–H groups in total. The van der Waals surface area contributed by atoms with Crippen LogP contribution in [0.5, 0.6) is 0 Å². The summed E-state index contributed by atoms with van der Waals surface area (Å²) in [5, 5.41) is 0. The van der Waals surface area contributed by atoms with Gasteiger partial charge in [-0.15, -0.1) is 0 Å². The molecule has 0 saturated carbocycles. The minimum atomic E-state index is -0.601. The van der Waals surface area contributed by atoms with Crippen LogP contribution in [0.1, 0.15) is 42.1 Å². The van der Waals surface area contributed by atoms with Gasteiger partial charge in [-0.1, -0.05) is 32.0 Å². The van der Waals surface area contributed by atoms with Gasteiger partial charge in [-0.25, -0.2) is 8.78 Å². The van der Waals surface area contributed by atoms with E-state index in [0.717, 1.165) is 24.5 Å². The van der Waals surface area contributed by atoms with Gasteiger partial charge in [0.1, 0.15) is 11.6 Å². The highest BCUT2D eigenvalue weighted by molar-refractivity contribution is 5.38. The van der Waals surface area contributed by atoms with Crippen LogP contribution in [0.2, 0.25) is 0 Å². The molecule has 0 aromatic heterocycles. The summed E-state index contributed by atoms with van der Waals surface area (Å²) in [5.41, 5.74) is 9.99. The van der Waals surface area contributed by atoms with Gasteiger partial charge in [-0.3, -0.25) is 0 Å². The van der Waals surface area contributed by atoms with Crippen molar-refractivity contribution < 1.29 is 8.78 Å². The van der Waals surface area contributed by atoms with Crippen molar-refractivity contribution in [2.24, 2.45) is 5.73 Å². The number of halogens is 2. The molecule has 0 bridgehead atoms. The predicted molar refractivity (Wildman–Crippen MR) is 77.6 cm³/mol. The largest absolute Gasteiger partial charge is 0.320 e. The maximum absolute atomic E-state index is 13.3. The molecule has 1 nitrogen and oxygen atoms in total. The lowest BCUT2D eigenvalue weighted by molar-refractivity contribution is 0.577. The van der Waals surface area contributed by atoms with Crippen LogP contribution in [0.15, 0.2) is 36.4 Å².